The second kappa shape index (κ2) is 6.02. The van der Waals surface area contributed by atoms with Gasteiger partial charge in [0.1, 0.15) is 28.0 Å². The summed E-state index contributed by atoms with van der Waals surface area (Å²) >= 11 is 3.01. The maximum atomic E-state index is 9.17. The number of aromatic nitrogens is 2. The number of anilines is 1. The van der Waals surface area contributed by atoms with Gasteiger partial charge in [0.25, 0.3) is 0 Å². The Kier molecular flexibility index (Phi) is 3.92. The van der Waals surface area contributed by atoms with Crippen molar-refractivity contribution in [1.82, 2.24) is 9.97 Å². The molecular formula is C15H9N5S2. The van der Waals surface area contributed by atoms with Crippen molar-refractivity contribution in [2.45, 2.75) is 10.8 Å². The van der Waals surface area contributed by atoms with Crippen LogP contribution >= 0.6 is 23.1 Å². The molecule has 0 unspecified atom stereocenters. The molecule has 0 aliphatic heterocycles. The summed E-state index contributed by atoms with van der Waals surface area (Å²) in [5.74, 6) is 0.750. The molecule has 2 N–H and O–H groups in total. The molecule has 0 fully saturated rings. The summed E-state index contributed by atoms with van der Waals surface area (Å²) in [4.78, 5) is 8.70. The molecule has 22 heavy (non-hydrogen) atoms. The van der Waals surface area contributed by atoms with Crippen molar-refractivity contribution in [3.8, 4) is 12.1 Å². The molecule has 3 rings (SSSR count). The molecule has 106 valence electrons. The van der Waals surface area contributed by atoms with E-state index in [0.29, 0.717) is 16.3 Å². The minimum absolute atomic E-state index is 0.147. The van der Waals surface area contributed by atoms with Crippen molar-refractivity contribution in [3.63, 3.8) is 0 Å². The number of para-hydroxylation sites is 1. The lowest BCUT2D eigenvalue weighted by atomic mass is 10.2. The first-order valence-corrected chi connectivity index (χ1v) is 8.09. The molecule has 0 spiro atoms. The molecule has 2 aromatic heterocycles. The van der Waals surface area contributed by atoms with Crippen LogP contribution in [0.4, 0.5) is 5.82 Å². The summed E-state index contributed by atoms with van der Waals surface area (Å²) in [5.41, 5.74) is 7.27. The Balaban J connectivity index is 1.86. The highest BCUT2D eigenvalue weighted by atomic mass is 32.2. The van der Waals surface area contributed by atoms with Crippen molar-refractivity contribution in [2.24, 2.45) is 0 Å². The summed E-state index contributed by atoms with van der Waals surface area (Å²) < 4.78 is 1.13. The Labute approximate surface area is 135 Å². The number of fused-ring (bicyclic) bond motifs is 1. The van der Waals surface area contributed by atoms with Crippen LogP contribution in [0.3, 0.4) is 0 Å². The third-order valence-electron chi connectivity index (χ3n) is 2.93. The molecule has 0 aliphatic carbocycles. The largest absolute Gasteiger partial charge is 0.383 e. The maximum Gasteiger partial charge on any atom is 0.142 e. The topological polar surface area (TPSA) is 99.4 Å². The first-order valence-electron chi connectivity index (χ1n) is 6.29. The number of hydrogen-bond donors (Lipinski definition) is 1. The van der Waals surface area contributed by atoms with Crippen LogP contribution in [-0.2, 0) is 5.75 Å². The molecule has 0 saturated carbocycles. The van der Waals surface area contributed by atoms with Gasteiger partial charge < -0.3 is 5.73 Å². The van der Waals surface area contributed by atoms with Crippen LogP contribution in [0, 0.1) is 22.7 Å². The van der Waals surface area contributed by atoms with Gasteiger partial charge in [-0.2, -0.15) is 10.5 Å². The third kappa shape index (κ3) is 2.73. The molecule has 0 saturated heterocycles. The van der Waals surface area contributed by atoms with Gasteiger partial charge in [-0.05, 0) is 18.2 Å². The molecule has 0 bridgehead atoms. The molecule has 0 atom stereocenters. The Morgan fingerprint density at radius 2 is 1.91 bits per heavy atom. The first-order chi connectivity index (χ1) is 10.7. The second-order valence-corrected chi connectivity index (χ2v) is 6.44. The maximum absolute atomic E-state index is 9.17. The Morgan fingerprint density at radius 1 is 1.14 bits per heavy atom. The molecule has 1 aromatic carbocycles. The quantitative estimate of drug-likeness (QED) is 0.742. The minimum Gasteiger partial charge on any atom is -0.383 e. The zero-order valence-electron chi connectivity index (χ0n) is 11.3. The van der Waals surface area contributed by atoms with Crippen molar-refractivity contribution in [3.05, 3.63) is 46.5 Å². The number of rotatable bonds is 3. The van der Waals surface area contributed by atoms with Gasteiger partial charge in [0.15, 0.2) is 0 Å². The SMILES string of the molecule is N#Cc1cc(C#N)c(SCc2nc3ccccc3s2)nc1N. The molecule has 3 aromatic rings. The van der Waals surface area contributed by atoms with Gasteiger partial charge in [-0.1, -0.05) is 23.9 Å². The van der Waals surface area contributed by atoms with Gasteiger partial charge >= 0.3 is 0 Å². The number of nitrogen functional groups attached to an aromatic ring is 1. The number of nitriles is 2. The van der Waals surface area contributed by atoms with Gasteiger partial charge in [0.2, 0.25) is 0 Å². The average molecular weight is 323 g/mol. The molecule has 2 heterocycles. The lowest BCUT2D eigenvalue weighted by Gasteiger charge is -2.04. The Morgan fingerprint density at radius 3 is 2.64 bits per heavy atom. The van der Waals surface area contributed by atoms with Gasteiger partial charge in [0.05, 0.1) is 27.1 Å². The number of hydrogen-bond acceptors (Lipinski definition) is 7. The molecular weight excluding hydrogens is 314 g/mol. The van der Waals surface area contributed by atoms with Crippen molar-refractivity contribution >= 4 is 39.1 Å². The van der Waals surface area contributed by atoms with Crippen molar-refractivity contribution < 1.29 is 0 Å². The van der Waals surface area contributed by atoms with Crippen LogP contribution in [0.2, 0.25) is 0 Å². The number of nitrogens with two attached hydrogens (primary N) is 1. The van der Waals surface area contributed by atoms with Crippen LogP contribution in [0.15, 0.2) is 35.4 Å². The van der Waals surface area contributed by atoms with E-state index in [-0.39, 0.29) is 11.4 Å². The summed E-state index contributed by atoms with van der Waals surface area (Å²) in [5, 5.41) is 19.6. The number of pyridine rings is 1. The van der Waals surface area contributed by atoms with Gasteiger partial charge in [0, 0.05) is 0 Å². The summed E-state index contributed by atoms with van der Waals surface area (Å²) in [6.07, 6.45) is 0. The fourth-order valence-corrected chi connectivity index (χ4v) is 3.82. The third-order valence-corrected chi connectivity index (χ3v) is 5.15. The average Bonchev–Trinajstić information content (AvgIpc) is 2.95. The van der Waals surface area contributed by atoms with Crippen LogP contribution in [-0.4, -0.2) is 9.97 Å². The van der Waals surface area contributed by atoms with Crippen LogP contribution in [0.1, 0.15) is 16.1 Å². The predicted molar refractivity (Wildman–Crippen MR) is 87.3 cm³/mol. The first kappa shape index (κ1) is 14.3. The van der Waals surface area contributed by atoms with E-state index < -0.39 is 0 Å². The molecule has 0 amide bonds. The fraction of sp³-hybridized carbons (Fsp3) is 0.0667. The smallest absolute Gasteiger partial charge is 0.142 e. The zero-order valence-corrected chi connectivity index (χ0v) is 12.9. The van der Waals surface area contributed by atoms with Crippen LogP contribution < -0.4 is 5.73 Å². The normalized spacial score (nSPS) is 10.3. The van der Waals surface area contributed by atoms with E-state index in [0.717, 1.165) is 15.2 Å². The molecule has 0 aliphatic rings. The van der Waals surface area contributed by atoms with E-state index in [4.69, 9.17) is 11.0 Å². The van der Waals surface area contributed by atoms with Crippen LogP contribution in [0.5, 0.6) is 0 Å². The molecule has 7 heteroatoms. The highest BCUT2D eigenvalue weighted by Crippen LogP contribution is 2.30. The monoisotopic (exact) mass is 323 g/mol. The van der Waals surface area contributed by atoms with Gasteiger partial charge in [-0.25, -0.2) is 9.97 Å². The van der Waals surface area contributed by atoms with E-state index in [1.807, 2.05) is 30.3 Å². The minimum atomic E-state index is 0.147. The van der Waals surface area contributed by atoms with Gasteiger partial charge in [-0.15, -0.1) is 11.3 Å². The van der Waals surface area contributed by atoms with E-state index >= 15 is 0 Å². The lowest BCUT2D eigenvalue weighted by Crippen LogP contribution is -1.99. The Bertz CT molecular complexity index is 900. The fourth-order valence-electron chi connectivity index (χ4n) is 1.90. The number of benzene rings is 1. The standard InChI is InChI=1S/C15H9N5S2/c16-6-9-5-10(7-17)15(20-14(9)18)21-8-13-19-11-3-1-2-4-12(11)22-13/h1-5H,8H2,(H2,18,20). The summed E-state index contributed by atoms with van der Waals surface area (Å²) in [6.45, 7) is 0. The van der Waals surface area contributed by atoms with E-state index in [1.165, 1.54) is 17.8 Å². The number of thioether (sulfide) groups is 1. The van der Waals surface area contributed by atoms with E-state index in [1.54, 1.807) is 11.3 Å². The van der Waals surface area contributed by atoms with E-state index in [9.17, 15) is 5.26 Å². The number of thiazole rings is 1. The Hall–Kier alpha value is -2.61. The highest BCUT2D eigenvalue weighted by molar-refractivity contribution is 7.98. The summed E-state index contributed by atoms with van der Waals surface area (Å²) in [6, 6.07) is 13.4. The number of nitrogens with zero attached hydrogens (tertiary/aromatic N) is 4. The predicted octanol–water partition coefficient (Wildman–Crippen LogP) is 3.31. The molecule has 0 radical (unpaired) electrons. The lowest BCUT2D eigenvalue weighted by molar-refractivity contribution is 1.11. The van der Waals surface area contributed by atoms with Crippen LogP contribution in [0.25, 0.3) is 10.2 Å². The van der Waals surface area contributed by atoms with E-state index in [2.05, 4.69) is 16.0 Å². The zero-order chi connectivity index (χ0) is 15.5. The summed E-state index contributed by atoms with van der Waals surface area (Å²) in [7, 11) is 0. The highest BCUT2D eigenvalue weighted by Gasteiger charge is 2.12. The van der Waals surface area contributed by atoms with Crippen molar-refractivity contribution in [2.75, 3.05) is 5.73 Å². The van der Waals surface area contributed by atoms with Crippen molar-refractivity contribution in [1.29, 1.82) is 10.5 Å². The van der Waals surface area contributed by atoms with Gasteiger partial charge in [-0.3, -0.25) is 0 Å². The molecule has 5 nitrogen and oxygen atoms in total. The second-order valence-electron chi connectivity index (χ2n) is 4.36.